The molecule has 0 spiro atoms. The number of hydrogen-bond acceptors (Lipinski definition) is 3. The first-order chi connectivity index (χ1) is 9.72. The largest absolute Gasteiger partial charge is 0.507 e. The number of phenols is 1. The Morgan fingerprint density at radius 3 is 2.50 bits per heavy atom. The van der Waals surface area contributed by atoms with Crippen molar-refractivity contribution >= 4 is 0 Å². The third kappa shape index (κ3) is 3.59. The average Bonchev–Trinajstić information content (AvgIpc) is 2.48. The second kappa shape index (κ2) is 7.08. The van der Waals surface area contributed by atoms with Crippen LogP contribution in [0.4, 0.5) is 0 Å². The zero-order valence-corrected chi connectivity index (χ0v) is 11.7. The lowest BCUT2D eigenvalue weighted by molar-refractivity contribution is 0.265. The van der Waals surface area contributed by atoms with E-state index in [9.17, 15) is 10.2 Å². The molecule has 0 saturated heterocycles. The highest BCUT2D eigenvalue weighted by Gasteiger charge is 2.11. The number of para-hydroxylation sites is 1. The van der Waals surface area contributed by atoms with E-state index in [4.69, 9.17) is 0 Å². The first kappa shape index (κ1) is 14.6. The zero-order valence-electron chi connectivity index (χ0n) is 11.7. The van der Waals surface area contributed by atoms with Crippen LogP contribution in [0.2, 0.25) is 0 Å². The Morgan fingerprint density at radius 2 is 1.80 bits per heavy atom. The molecule has 0 amide bonds. The van der Waals surface area contributed by atoms with Crippen LogP contribution >= 0.6 is 0 Å². The molecule has 1 atom stereocenters. The van der Waals surface area contributed by atoms with Gasteiger partial charge in [-0.1, -0.05) is 48.5 Å². The lowest BCUT2D eigenvalue weighted by atomic mass is 10.0. The van der Waals surface area contributed by atoms with Crippen molar-refractivity contribution in [2.75, 3.05) is 6.61 Å². The predicted octanol–water partition coefficient (Wildman–Crippen LogP) is 2.91. The van der Waals surface area contributed by atoms with E-state index >= 15 is 0 Å². The van der Waals surface area contributed by atoms with Crippen molar-refractivity contribution < 1.29 is 10.2 Å². The fourth-order valence-corrected chi connectivity index (χ4v) is 2.30. The van der Waals surface area contributed by atoms with E-state index in [-0.39, 0.29) is 12.6 Å². The first-order valence-corrected chi connectivity index (χ1v) is 6.89. The molecule has 0 saturated carbocycles. The van der Waals surface area contributed by atoms with Crippen LogP contribution < -0.4 is 5.32 Å². The van der Waals surface area contributed by atoms with Crippen LogP contribution in [0.5, 0.6) is 5.75 Å². The van der Waals surface area contributed by atoms with Crippen molar-refractivity contribution in [2.24, 2.45) is 0 Å². The van der Waals surface area contributed by atoms with Gasteiger partial charge in [0.05, 0.1) is 0 Å². The number of aliphatic hydroxyl groups excluding tert-OH is 1. The van der Waals surface area contributed by atoms with Crippen molar-refractivity contribution in [3.8, 4) is 5.75 Å². The molecule has 106 valence electrons. The number of phenolic OH excluding ortho intramolecular Hbond substituents is 1. The van der Waals surface area contributed by atoms with E-state index in [2.05, 4.69) is 5.32 Å². The molecule has 3 heteroatoms. The van der Waals surface area contributed by atoms with Crippen LogP contribution in [-0.4, -0.2) is 16.8 Å². The summed E-state index contributed by atoms with van der Waals surface area (Å²) in [4.78, 5) is 0. The summed E-state index contributed by atoms with van der Waals surface area (Å²) in [6, 6.07) is 15.9. The molecule has 0 radical (unpaired) electrons. The summed E-state index contributed by atoms with van der Waals surface area (Å²) in [5.74, 6) is 0.343. The summed E-state index contributed by atoms with van der Waals surface area (Å²) in [6.45, 7) is 2.60. The topological polar surface area (TPSA) is 52.5 Å². The molecule has 2 rings (SSSR count). The smallest absolute Gasteiger partial charge is 0.122 e. The van der Waals surface area contributed by atoms with Gasteiger partial charge in [-0.15, -0.1) is 0 Å². The van der Waals surface area contributed by atoms with Gasteiger partial charge in [0.15, 0.2) is 0 Å². The normalized spacial score (nSPS) is 12.3. The summed E-state index contributed by atoms with van der Waals surface area (Å²) in [5, 5.41) is 22.6. The van der Waals surface area contributed by atoms with Crippen LogP contribution in [0.3, 0.4) is 0 Å². The van der Waals surface area contributed by atoms with Gasteiger partial charge in [0.1, 0.15) is 5.75 Å². The molecule has 3 N–H and O–H groups in total. The van der Waals surface area contributed by atoms with E-state index in [1.54, 1.807) is 0 Å². The molecule has 0 aliphatic carbocycles. The van der Waals surface area contributed by atoms with Gasteiger partial charge in [0.25, 0.3) is 0 Å². The van der Waals surface area contributed by atoms with Gasteiger partial charge >= 0.3 is 0 Å². The Kier molecular flexibility index (Phi) is 5.16. The maximum absolute atomic E-state index is 10.0. The third-order valence-electron chi connectivity index (χ3n) is 3.48. The average molecular weight is 271 g/mol. The van der Waals surface area contributed by atoms with Crippen molar-refractivity contribution in [3.63, 3.8) is 0 Å². The fourth-order valence-electron chi connectivity index (χ4n) is 2.30. The maximum atomic E-state index is 10.0. The molecule has 0 aliphatic rings. The summed E-state index contributed by atoms with van der Waals surface area (Å²) in [6.07, 6.45) is 0.649. The molecule has 0 heterocycles. The highest BCUT2D eigenvalue weighted by Crippen LogP contribution is 2.23. The summed E-state index contributed by atoms with van der Waals surface area (Å²) in [5.41, 5.74) is 2.90. The van der Waals surface area contributed by atoms with Gasteiger partial charge in [0, 0.05) is 24.8 Å². The lowest BCUT2D eigenvalue weighted by Crippen LogP contribution is -2.22. The van der Waals surface area contributed by atoms with Gasteiger partial charge in [-0.3, -0.25) is 0 Å². The molecular formula is C17H21NO2. The van der Waals surface area contributed by atoms with E-state index in [1.165, 1.54) is 0 Å². The molecule has 0 aromatic heterocycles. The van der Waals surface area contributed by atoms with Gasteiger partial charge in [-0.05, 0) is 24.5 Å². The number of nitrogens with one attached hydrogen (secondary N) is 1. The number of hydrogen-bond donors (Lipinski definition) is 3. The number of aryl methyl sites for hydroxylation is 1. The quantitative estimate of drug-likeness (QED) is 0.757. The van der Waals surface area contributed by atoms with Crippen LogP contribution in [-0.2, 0) is 6.54 Å². The van der Waals surface area contributed by atoms with Crippen LogP contribution in [0.15, 0.2) is 48.5 Å². The highest BCUT2D eigenvalue weighted by atomic mass is 16.3. The van der Waals surface area contributed by atoms with Crippen LogP contribution in [0.1, 0.15) is 29.2 Å². The van der Waals surface area contributed by atoms with Crippen molar-refractivity contribution in [3.05, 3.63) is 65.2 Å². The minimum absolute atomic E-state index is 0.0844. The van der Waals surface area contributed by atoms with E-state index < -0.39 is 0 Å². The number of aromatic hydroxyl groups is 1. The molecule has 0 aliphatic heterocycles. The Bertz CT molecular complexity index is 540. The number of benzene rings is 2. The van der Waals surface area contributed by atoms with Crippen LogP contribution in [0, 0.1) is 6.92 Å². The Hall–Kier alpha value is -1.84. The minimum Gasteiger partial charge on any atom is -0.507 e. The second-order valence-electron chi connectivity index (χ2n) is 4.94. The molecule has 20 heavy (non-hydrogen) atoms. The van der Waals surface area contributed by atoms with Crippen molar-refractivity contribution in [1.82, 2.24) is 5.32 Å². The summed E-state index contributed by atoms with van der Waals surface area (Å²) in [7, 11) is 0. The molecular weight excluding hydrogens is 250 g/mol. The SMILES string of the molecule is Cc1cccc(CN[C@H](CCO)c2ccccc2)c1O. The fraction of sp³-hybridized carbons (Fsp3) is 0.294. The van der Waals surface area contributed by atoms with Crippen LogP contribution in [0.25, 0.3) is 0 Å². The standard InChI is InChI=1S/C17H21NO2/c1-13-6-5-9-15(17(13)20)12-18-16(10-11-19)14-7-3-2-4-8-14/h2-9,16,18-20H,10-12H2,1H3/t16-/m1/s1. The molecule has 2 aromatic rings. The van der Waals surface area contributed by atoms with Gasteiger partial charge in [0.2, 0.25) is 0 Å². The van der Waals surface area contributed by atoms with E-state index in [1.807, 2.05) is 55.5 Å². The Balaban J connectivity index is 2.08. The monoisotopic (exact) mass is 271 g/mol. The Labute approximate surface area is 119 Å². The predicted molar refractivity (Wildman–Crippen MR) is 80.6 cm³/mol. The van der Waals surface area contributed by atoms with E-state index in [0.717, 1.165) is 16.7 Å². The maximum Gasteiger partial charge on any atom is 0.122 e. The van der Waals surface area contributed by atoms with E-state index in [0.29, 0.717) is 18.7 Å². The van der Waals surface area contributed by atoms with Crippen molar-refractivity contribution in [1.29, 1.82) is 0 Å². The summed E-state index contributed by atoms with van der Waals surface area (Å²) >= 11 is 0. The van der Waals surface area contributed by atoms with Crippen molar-refractivity contribution in [2.45, 2.75) is 25.9 Å². The third-order valence-corrected chi connectivity index (χ3v) is 3.48. The molecule has 0 fully saturated rings. The highest BCUT2D eigenvalue weighted by molar-refractivity contribution is 5.39. The molecule has 0 bridgehead atoms. The number of aliphatic hydroxyl groups is 1. The van der Waals surface area contributed by atoms with Gasteiger partial charge in [-0.25, -0.2) is 0 Å². The zero-order chi connectivity index (χ0) is 14.4. The molecule has 0 unspecified atom stereocenters. The Morgan fingerprint density at radius 1 is 1.05 bits per heavy atom. The molecule has 3 nitrogen and oxygen atoms in total. The lowest BCUT2D eigenvalue weighted by Gasteiger charge is -2.19. The first-order valence-electron chi connectivity index (χ1n) is 6.89. The number of rotatable bonds is 6. The van der Waals surface area contributed by atoms with Gasteiger partial charge < -0.3 is 15.5 Å². The minimum atomic E-state index is 0.0844. The second-order valence-corrected chi connectivity index (χ2v) is 4.94. The molecule has 2 aromatic carbocycles. The summed E-state index contributed by atoms with van der Waals surface area (Å²) < 4.78 is 0. The van der Waals surface area contributed by atoms with Gasteiger partial charge in [-0.2, -0.15) is 0 Å².